The van der Waals surface area contributed by atoms with Gasteiger partial charge in [-0.25, -0.2) is 0 Å². The molecule has 5 aliphatic rings. The molecule has 5 rings (SSSR count). The van der Waals surface area contributed by atoms with Gasteiger partial charge in [0.2, 0.25) is 0 Å². The third kappa shape index (κ3) is 3.73. The summed E-state index contributed by atoms with van der Waals surface area (Å²) in [6.45, 7) is 6.12. The molecule has 0 aromatic rings. The van der Waals surface area contributed by atoms with Gasteiger partial charge in [-0.1, -0.05) is 25.5 Å². The maximum Gasteiger partial charge on any atom is 0.186 e. The van der Waals surface area contributed by atoms with E-state index in [0.717, 1.165) is 38.5 Å². The van der Waals surface area contributed by atoms with Gasteiger partial charge >= 0.3 is 0 Å². The number of Topliss-reactive ketones (excluding diaryl/α,β-unsaturated/α-hetero) is 1. The quantitative estimate of drug-likeness (QED) is 0.458. The van der Waals surface area contributed by atoms with E-state index in [0.29, 0.717) is 23.5 Å². The second-order valence-corrected chi connectivity index (χ2v) is 12.2. The zero-order valence-corrected chi connectivity index (χ0v) is 20.7. The predicted octanol–water partition coefficient (Wildman–Crippen LogP) is 2.34. The summed E-state index contributed by atoms with van der Waals surface area (Å²) in [6.07, 6.45) is 4.32. The average molecular weight is 479 g/mol. The minimum atomic E-state index is -1.42. The Bertz CT molecular complexity index is 826. The summed E-state index contributed by atoms with van der Waals surface area (Å²) in [7, 11) is 0. The van der Waals surface area contributed by atoms with Crippen molar-refractivity contribution >= 4 is 5.78 Å². The summed E-state index contributed by atoms with van der Waals surface area (Å²) in [6, 6.07) is 0. The Hall–Kier alpha value is -0.830. The third-order valence-corrected chi connectivity index (χ3v) is 10.7. The Morgan fingerprint density at radius 1 is 1.06 bits per heavy atom. The molecule has 7 heteroatoms. The Morgan fingerprint density at radius 3 is 2.53 bits per heavy atom. The normalized spacial score (nSPS) is 52.9. The third-order valence-electron chi connectivity index (χ3n) is 10.7. The van der Waals surface area contributed by atoms with E-state index in [-0.39, 0.29) is 22.9 Å². The maximum absolute atomic E-state index is 12.4. The zero-order valence-electron chi connectivity index (χ0n) is 20.7. The van der Waals surface area contributed by atoms with Crippen LogP contribution in [0.2, 0.25) is 0 Å². The minimum absolute atomic E-state index is 0.133. The standard InChI is InChI=1S/C27H42O7/c1-14(29)18-6-7-19-17-5-4-15-12-16(8-10-26(15,2)20(17)9-11-27(18,19)3)33-25-24(32)23(31)22(30)21(13-28)34-25/h4,16-25,28,30-32H,5-13H2,1-3H3/t16-,17-,18+,19-,20-,21+,22+,23-,24+,25-,26-,27+/m0/s1. The summed E-state index contributed by atoms with van der Waals surface area (Å²) in [5, 5.41) is 40.0. The lowest BCUT2D eigenvalue weighted by atomic mass is 9.47. The van der Waals surface area contributed by atoms with Gasteiger partial charge in [0.15, 0.2) is 6.29 Å². The van der Waals surface area contributed by atoms with Crippen molar-refractivity contribution < 1.29 is 34.7 Å². The van der Waals surface area contributed by atoms with E-state index in [9.17, 15) is 25.2 Å². The number of carbonyl (C=O) groups excluding carboxylic acids is 1. The lowest BCUT2D eigenvalue weighted by molar-refractivity contribution is -0.313. The van der Waals surface area contributed by atoms with Gasteiger partial charge in [0.05, 0.1) is 12.7 Å². The molecule has 0 spiro atoms. The van der Waals surface area contributed by atoms with Crippen molar-refractivity contribution in [3.63, 3.8) is 0 Å². The number of ether oxygens (including phenoxy) is 2. The van der Waals surface area contributed by atoms with Crippen molar-refractivity contribution in [2.45, 2.75) is 109 Å². The second-order valence-electron chi connectivity index (χ2n) is 12.2. The molecule has 1 saturated heterocycles. The molecule has 1 aliphatic heterocycles. The Kier molecular flexibility index (Phi) is 6.52. The Morgan fingerprint density at radius 2 is 1.82 bits per heavy atom. The average Bonchev–Trinajstić information content (AvgIpc) is 3.17. The van der Waals surface area contributed by atoms with Crippen LogP contribution in [0.25, 0.3) is 0 Å². The van der Waals surface area contributed by atoms with E-state index in [1.807, 2.05) is 0 Å². The topological polar surface area (TPSA) is 116 Å². The summed E-state index contributed by atoms with van der Waals surface area (Å²) in [5.41, 5.74) is 1.71. The second kappa shape index (κ2) is 8.93. The fraction of sp³-hybridized carbons (Fsp3) is 0.889. The van der Waals surface area contributed by atoms with Gasteiger partial charge in [-0.05, 0) is 86.9 Å². The molecular weight excluding hydrogens is 436 g/mol. The lowest BCUT2D eigenvalue weighted by Gasteiger charge is -2.58. The molecule has 0 unspecified atom stereocenters. The van der Waals surface area contributed by atoms with Crippen LogP contribution in [-0.2, 0) is 14.3 Å². The molecule has 0 amide bonds. The van der Waals surface area contributed by atoms with E-state index < -0.39 is 37.3 Å². The van der Waals surface area contributed by atoms with Crippen LogP contribution >= 0.6 is 0 Å². The number of aliphatic hydroxyl groups excluding tert-OH is 4. The first-order chi connectivity index (χ1) is 16.1. The van der Waals surface area contributed by atoms with Crippen LogP contribution in [0.15, 0.2) is 11.6 Å². The first-order valence-electron chi connectivity index (χ1n) is 13.3. The number of fused-ring (bicyclic) bond motifs is 5. The predicted molar refractivity (Wildman–Crippen MR) is 125 cm³/mol. The number of hydrogen-bond acceptors (Lipinski definition) is 7. The highest BCUT2D eigenvalue weighted by Crippen LogP contribution is 2.66. The van der Waals surface area contributed by atoms with E-state index in [2.05, 4.69) is 19.9 Å². The summed E-state index contributed by atoms with van der Waals surface area (Å²) < 4.78 is 11.7. The molecule has 34 heavy (non-hydrogen) atoms. The van der Waals surface area contributed by atoms with E-state index >= 15 is 0 Å². The maximum atomic E-state index is 12.4. The molecule has 4 fully saturated rings. The first-order valence-corrected chi connectivity index (χ1v) is 13.3. The molecular formula is C27H42O7. The van der Waals surface area contributed by atoms with E-state index in [4.69, 9.17) is 9.47 Å². The van der Waals surface area contributed by atoms with E-state index in [1.54, 1.807) is 6.92 Å². The van der Waals surface area contributed by atoms with Crippen molar-refractivity contribution in [2.75, 3.05) is 6.61 Å². The van der Waals surface area contributed by atoms with Gasteiger partial charge < -0.3 is 29.9 Å². The molecule has 3 saturated carbocycles. The van der Waals surface area contributed by atoms with Crippen LogP contribution in [0.1, 0.15) is 72.1 Å². The largest absolute Gasteiger partial charge is 0.394 e. The molecule has 0 bridgehead atoms. The molecule has 12 atom stereocenters. The number of rotatable bonds is 4. The summed E-state index contributed by atoms with van der Waals surface area (Å²) in [5.74, 6) is 2.48. The Labute approximate surface area is 202 Å². The van der Waals surface area contributed by atoms with Crippen molar-refractivity contribution in [1.29, 1.82) is 0 Å². The molecule has 0 aromatic heterocycles. The summed E-state index contributed by atoms with van der Waals surface area (Å²) >= 11 is 0. The zero-order chi connectivity index (χ0) is 24.4. The number of aliphatic hydroxyl groups is 4. The van der Waals surface area contributed by atoms with Gasteiger partial charge in [0, 0.05) is 5.92 Å². The van der Waals surface area contributed by atoms with Crippen LogP contribution in [0.4, 0.5) is 0 Å². The number of allylic oxidation sites excluding steroid dienone is 1. The minimum Gasteiger partial charge on any atom is -0.394 e. The monoisotopic (exact) mass is 478 g/mol. The molecule has 4 N–H and O–H groups in total. The molecule has 7 nitrogen and oxygen atoms in total. The smallest absolute Gasteiger partial charge is 0.186 e. The van der Waals surface area contributed by atoms with Gasteiger partial charge in [-0.2, -0.15) is 0 Å². The highest BCUT2D eigenvalue weighted by molar-refractivity contribution is 5.79. The van der Waals surface area contributed by atoms with Crippen LogP contribution < -0.4 is 0 Å². The molecule has 1 heterocycles. The van der Waals surface area contributed by atoms with Gasteiger partial charge in [0.25, 0.3) is 0 Å². The van der Waals surface area contributed by atoms with Gasteiger partial charge in [-0.15, -0.1) is 0 Å². The highest BCUT2D eigenvalue weighted by atomic mass is 16.7. The Balaban J connectivity index is 1.29. The van der Waals surface area contributed by atoms with Crippen LogP contribution in [-0.4, -0.2) is 69.6 Å². The molecule has 4 aliphatic carbocycles. The van der Waals surface area contributed by atoms with Gasteiger partial charge in [0.1, 0.15) is 30.2 Å². The SMILES string of the molecule is CC(=O)[C@H]1CC[C@H]2[C@@H]3CC=C4C[C@@H](O[C@H]5O[C@H](CO)[C@@H](O)[C@H](O)[C@H]5O)CC[C@]4(C)[C@H]3CC[C@]12C. The van der Waals surface area contributed by atoms with Crippen LogP contribution in [0, 0.1) is 34.5 Å². The number of carbonyl (C=O) groups is 1. The fourth-order valence-electron chi connectivity index (χ4n) is 8.78. The fourth-order valence-corrected chi connectivity index (χ4v) is 8.78. The van der Waals surface area contributed by atoms with Crippen molar-refractivity contribution in [2.24, 2.45) is 34.5 Å². The van der Waals surface area contributed by atoms with Crippen molar-refractivity contribution in [3.8, 4) is 0 Å². The van der Waals surface area contributed by atoms with Gasteiger partial charge in [-0.3, -0.25) is 4.79 Å². The van der Waals surface area contributed by atoms with E-state index in [1.165, 1.54) is 18.4 Å². The summed E-state index contributed by atoms with van der Waals surface area (Å²) in [4.78, 5) is 12.4. The van der Waals surface area contributed by atoms with Crippen molar-refractivity contribution in [3.05, 3.63) is 11.6 Å². The highest BCUT2D eigenvalue weighted by Gasteiger charge is 2.59. The number of hydrogen-bond donors (Lipinski definition) is 4. The van der Waals surface area contributed by atoms with Crippen LogP contribution in [0.3, 0.4) is 0 Å². The lowest BCUT2D eigenvalue weighted by Crippen LogP contribution is -2.60. The molecule has 192 valence electrons. The van der Waals surface area contributed by atoms with Crippen LogP contribution in [0.5, 0.6) is 0 Å². The molecule has 0 aromatic carbocycles. The number of ketones is 1. The molecule has 0 radical (unpaired) electrons. The first kappa shape index (κ1) is 24.8. The van der Waals surface area contributed by atoms with Crippen molar-refractivity contribution in [1.82, 2.24) is 0 Å².